The molecule has 1 aliphatic carbocycles. The van der Waals surface area contributed by atoms with Gasteiger partial charge in [-0.15, -0.1) is 0 Å². The van der Waals surface area contributed by atoms with E-state index in [9.17, 15) is 8.42 Å². The van der Waals surface area contributed by atoms with Crippen molar-refractivity contribution in [1.82, 2.24) is 4.72 Å². The second-order valence-electron chi connectivity index (χ2n) is 5.13. The van der Waals surface area contributed by atoms with Crippen LogP contribution in [-0.2, 0) is 22.4 Å². The molecule has 0 aromatic heterocycles. The molecule has 2 N–H and O–H groups in total. The van der Waals surface area contributed by atoms with Gasteiger partial charge in [-0.3, -0.25) is 0 Å². The van der Waals surface area contributed by atoms with E-state index in [1.807, 2.05) is 0 Å². The summed E-state index contributed by atoms with van der Waals surface area (Å²) < 4.78 is 26.6. The van der Waals surface area contributed by atoms with Crippen LogP contribution in [0.15, 0.2) is 24.3 Å². The van der Waals surface area contributed by atoms with E-state index in [0.717, 1.165) is 18.4 Å². The van der Waals surface area contributed by atoms with Gasteiger partial charge in [0.05, 0.1) is 12.4 Å². The Kier molecular flexibility index (Phi) is 4.04. The maximum atomic E-state index is 11.9. The first kappa shape index (κ1) is 13.5. The van der Waals surface area contributed by atoms with E-state index >= 15 is 0 Å². The van der Waals surface area contributed by atoms with Gasteiger partial charge in [-0.2, -0.15) is 0 Å². The van der Waals surface area contributed by atoms with Crippen LogP contribution in [0.5, 0.6) is 0 Å². The molecule has 0 heterocycles. The zero-order valence-electron chi connectivity index (χ0n) is 10.5. The molecule has 18 heavy (non-hydrogen) atoms. The van der Waals surface area contributed by atoms with Crippen LogP contribution in [0.4, 0.5) is 0 Å². The minimum atomic E-state index is -3.27. The Morgan fingerprint density at radius 3 is 2.61 bits per heavy atom. The molecule has 0 atom stereocenters. The molecule has 100 valence electrons. The van der Waals surface area contributed by atoms with Crippen molar-refractivity contribution in [3.8, 4) is 0 Å². The van der Waals surface area contributed by atoms with E-state index in [-0.39, 0.29) is 18.4 Å². The highest BCUT2D eigenvalue weighted by atomic mass is 32.2. The molecule has 0 radical (unpaired) electrons. The predicted octanol–water partition coefficient (Wildman–Crippen LogP) is 1.40. The Labute approximate surface area is 108 Å². The topological polar surface area (TPSA) is 66.4 Å². The summed E-state index contributed by atoms with van der Waals surface area (Å²) in [6.45, 7) is 2.05. The van der Waals surface area contributed by atoms with Crippen molar-refractivity contribution in [1.29, 1.82) is 0 Å². The Morgan fingerprint density at radius 2 is 2.00 bits per heavy atom. The van der Waals surface area contributed by atoms with E-state index in [4.69, 9.17) is 5.11 Å². The lowest BCUT2D eigenvalue weighted by Crippen LogP contribution is -2.43. The normalized spacial score (nSPS) is 23.7. The molecular formula is C13H19NO3S. The Morgan fingerprint density at radius 1 is 1.33 bits per heavy atom. The maximum absolute atomic E-state index is 11.9. The quantitative estimate of drug-likeness (QED) is 0.849. The summed E-state index contributed by atoms with van der Waals surface area (Å²) in [6.07, 6.45) is 1.85. The fourth-order valence-corrected chi connectivity index (χ4v) is 3.73. The van der Waals surface area contributed by atoms with Crippen LogP contribution in [0.1, 0.15) is 30.9 Å². The summed E-state index contributed by atoms with van der Waals surface area (Å²) in [4.78, 5) is 0. The van der Waals surface area contributed by atoms with Gasteiger partial charge < -0.3 is 5.11 Å². The van der Waals surface area contributed by atoms with E-state index in [0.29, 0.717) is 11.5 Å². The van der Waals surface area contributed by atoms with Gasteiger partial charge >= 0.3 is 0 Å². The Hall–Kier alpha value is -0.910. The molecule has 1 aromatic carbocycles. The van der Waals surface area contributed by atoms with Crippen LogP contribution in [0.25, 0.3) is 0 Å². The molecule has 2 rings (SSSR count). The SMILES string of the molecule is CC1CC(NS(=O)(=O)Cc2cccc(CO)c2)C1. The summed E-state index contributed by atoms with van der Waals surface area (Å²) in [5.41, 5.74) is 1.45. The molecular weight excluding hydrogens is 250 g/mol. The zero-order valence-corrected chi connectivity index (χ0v) is 11.3. The third-order valence-electron chi connectivity index (χ3n) is 3.25. The van der Waals surface area contributed by atoms with Crippen molar-refractivity contribution in [2.45, 2.75) is 38.2 Å². The molecule has 1 aromatic rings. The highest BCUT2D eigenvalue weighted by Gasteiger charge is 2.29. The number of rotatable bonds is 5. The van der Waals surface area contributed by atoms with E-state index in [1.165, 1.54) is 0 Å². The van der Waals surface area contributed by atoms with Crippen LogP contribution >= 0.6 is 0 Å². The molecule has 4 nitrogen and oxygen atoms in total. The van der Waals surface area contributed by atoms with Gasteiger partial charge in [-0.25, -0.2) is 13.1 Å². The van der Waals surface area contributed by atoms with Gasteiger partial charge in [-0.05, 0) is 29.9 Å². The first-order valence-corrected chi connectivity index (χ1v) is 7.82. The molecule has 0 unspecified atom stereocenters. The van der Waals surface area contributed by atoms with Crippen molar-refractivity contribution in [2.24, 2.45) is 5.92 Å². The van der Waals surface area contributed by atoms with Crippen molar-refractivity contribution >= 4 is 10.0 Å². The van der Waals surface area contributed by atoms with Gasteiger partial charge in [0.2, 0.25) is 10.0 Å². The smallest absolute Gasteiger partial charge is 0.216 e. The number of aliphatic hydroxyl groups excluding tert-OH is 1. The van der Waals surface area contributed by atoms with Crippen LogP contribution < -0.4 is 4.72 Å². The van der Waals surface area contributed by atoms with Gasteiger partial charge in [0, 0.05) is 6.04 Å². The summed E-state index contributed by atoms with van der Waals surface area (Å²) in [6, 6.07) is 7.13. The molecule has 0 saturated heterocycles. The maximum Gasteiger partial charge on any atom is 0.216 e. The lowest BCUT2D eigenvalue weighted by molar-refractivity contribution is 0.270. The third kappa shape index (κ3) is 3.54. The lowest BCUT2D eigenvalue weighted by Gasteiger charge is -2.32. The fourth-order valence-electron chi connectivity index (χ4n) is 2.33. The van der Waals surface area contributed by atoms with Gasteiger partial charge in [0.25, 0.3) is 0 Å². The number of nitrogens with one attached hydrogen (secondary N) is 1. The highest BCUT2D eigenvalue weighted by molar-refractivity contribution is 7.88. The number of hydrogen-bond acceptors (Lipinski definition) is 3. The van der Waals surface area contributed by atoms with Crippen molar-refractivity contribution in [2.75, 3.05) is 0 Å². The molecule has 1 fully saturated rings. The molecule has 1 saturated carbocycles. The molecule has 0 bridgehead atoms. The van der Waals surface area contributed by atoms with E-state index < -0.39 is 10.0 Å². The molecule has 0 aliphatic heterocycles. The zero-order chi connectivity index (χ0) is 13.2. The number of benzene rings is 1. The Balaban J connectivity index is 1.98. The largest absolute Gasteiger partial charge is 0.392 e. The standard InChI is InChI=1S/C13H19NO3S/c1-10-5-13(6-10)14-18(16,17)9-12-4-2-3-11(7-12)8-15/h2-4,7,10,13-15H,5-6,8-9H2,1H3. The van der Waals surface area contributed by atoms with Gasteiger partial charge in [0.1, 0.15) is 0 Å². The second-order valence-corrected chi connectivity index (χ2v) is 6.88. The Bertz CT molecular complexity index is 507. The summed E-state index contributed by atoms with van der Waals surface area (Å²) in [5.74, 6) is 0.599. The number of aliphatic hydroxyl groups is 1. The summed E-state index contributed by atoms with van der Waals surface area (Å²) in [5, 5.41) is 9.02. The van der Waals surface area contributed by atoms with E-state index in [1.54, 1.807) is 24.3 Å². The van der Waals surface area contributed by atoms with Crippen LogP contribution in [0.2, 0.25) is 0 Å². The number of hydrogen-bond donors (Lipinski definition) is 2. The molecule has 5 heteroatoms. The average Bonchev–Trinajstić information content (AvgIpc) is 2.26. The minimum absolute atomic E-state index is 0.0221. The van der Waals surface area contributed by atoms with E-state index in [2.05, 4.69) is 11.6 Å². The molecule has 1 aliphatic rings. The van der Waals surface area contributed by atoms with Gasteiger partial charge in [-0.1, -0.05) is 31.2 Å². The predicted molar refractivity (Wildman–Crippen MR) is 70.3 cm³/mol. The van der Waals surface area contributed by atoms with Crippen molar-refractivity contribution in [3.63, 3.8) is 0 Å². The first-order valence-electron chi connectivity index (χ1n) is 6.17. The summed E-state index contributed by atoms with van der Waals surface area (Å²) in [7, 11) is -3.27. The minimum Gasteiger partial charge on any atom is -0.392 e. The average molecular weight is 269 g/mol. The monoisotopic (exact) mass is 269 g/mol. The second kappa shape index (κ2) is 5.38. The van der Waals surface area contributed by atoms with Crippen LogP contribution in [0.3, 0.4) is 0 Å². The van der Waals surface area contributed by atoms with Crippen LogP contribution in [0, 0.1) is 5.92 Å². The molecule has 0 amide bonds. The van der Waals surface area contributed by atoms with Crippen LogP contribution in [-0.4, -0.2) is 19.6 Å². The first-order chi connectivity index (χ1) is 8.48. The third-order valence-corrected chi connectivity index (χ3v) is 4.66. The number of sulfonamides is 1. The molecule has 0 spiro atoms. The van der Waals surface area contributed by atoms with Gasteiger partial charge in [0.15, 0.2) is 0 Å². The van der Waals surface area contributed by atoms with Crippen molar-refractivity contribution in [3.05, 3.63) is 35.4 Å². The van der Waals surface area contributed by atoms with Crippen molar-refractivity contribution < 1.29 is 13.5 Å². The fraction of sp³-hybridized carbons (Fsp3) is 0.538. The highest BCUT2D eigenvalue weighted by Crippen LogP contribution is 2.27. The lowest BCUT2D eigenvalue weighted by atomic mass is 9.83. The summed E-state index contributed by atoms with van der Waals surface area (Å²) >= 11 is 0.